The first kappa shape index (κ1) is 25.8. The number of unbranched alkanes of at least 4 members (excludes halogenated alkanes) is 7. The number of rotatable bonds is 12. The minimum atomic E-state index is -0.842. The number of nitrogens with zero attached hydrogens (tertiary/aromatic N) is 1. The van der Waals surface area contributed by atoms with Crippen LogP contribution >= 0.6 is 0 Å². The van der Waals surface area contributed by atoms with Gasteiger partial charge in [-0.05, 0) is 45.4 Å². The first-order chi connectivity index (χ1) is 15.2. The fourth-order valence-electron chi connectivity index (χ4n) is 3.59. The van der Waals surface area contributed by atoms with E-state index in [-0.39, 0.29) is 23.1 Å². The summed E-state index contributed by atoms with van der Waals surface area (Å²) in [5.41, 5.74) is -0.741. The monoisotopic (exact) mass is 449 g/mol. The van der Waals surface area contributed by atoms with Crippen molar-refractivity contribution in [1.82, 2.24) is 4.57 Å². The van der Waals surface area contributed by atoms with E-state index in [1.807, 2.05) is 0 Å². The van der Waals surface area contributed by atoms with Gasteiger partial charge in [0.25, 0.3) is 0 Å². The van der Waals surface area contributed by atoms with Gasteiger partial charge in [0.15, 0.2) is 5.78 Å². The van der Waals surface area contributed by atoms with E-state index in [0.29, 0.717) is 6.61 Å². The number of aromatic nitrogens is 1. The van der Waals surface area contributed by atoms with Crippen molar-refractivity contribution in [2.75, 3.05) is 13.2 Å². The van der Waals surface area contributed by atoms with Crippen LogP contribution in [0, 0.1) is 5.82 Å². The predicted octanol–water partition coefficient (Wildman–Crippen LogP) is 6.61. The molecule has 1 aromatic carbocycles. The zero-order valence-corrected chi connectivity index (χ0v) is 19.7. The molecule has 0 radical (unpaired) electrons. The summed E-state index contributed by atoms with van der Waals surface area (Å²) in [6, 6.07) is 3.63. The first-order valence-corrected chi connectivity index (χ1v) is 11.5. The van der Waals surface area contributed by atoms with Gasteiger partial charge in [-0.1, -0.05) is 51.9 Å². The van der Waals surface area contributed by atoms with Crippen molar-refractivity contribution >= 4 is 22.8 Å². The molecule has 0 atom stereocenters. The van der Waals surface area contributed by atoms with E-state index in [2.05, 4.69) is 6.92 Å². The van der Waals surface area contributed by atoms with Crippen LogP contribution in [0.25, 0.3) is 10.9 Å². The molecule has 7 heteroatoms. The number of ether oxygens (including phenoxy) is 2. The van der Waals surface area contributed by atoms with Gasteiger partial charge >= 0.3 is 6.09 Å². The van der Waals surface area contributed by atoms with E-state index in [1.54, 1.807) is 20.8 Å². The number of hydrogen-bond acceptors (Lipinski definition) is 5. The van der Waals surface area contributed by atoms with Crippen LogP contribution in [-0.2, 0) is 9.47 Å². The van der Waals surface area contributed by atoms with E-state index in [4.69, 9.17) is 9.47 Å². The Morgan fingerprint density at radius 2 is 1.66 bits per heavy atom. The summed E-state index contributed by atoms with van der Waals surface area (Å²) in [5.74, 6) is -1.66. The average molecular weight is 450 g/mol. The van der Waals surface area contributed by atoms with Crippen molar-refractivity contribution in [3.8, 4) is 5.88 Å². The van der Waals surface area contributed by atoms with E-state index in [1.165, 1.54) is 38.2 Å². The highest BCUT2D eigenvalue weighted by Crippen LogP contribution is 2.33. The number of carbonyl (C=O) groups excluding carboxylic acids is 2. The van der Waals surface area contributed by atoms with Gasteiger partial charge in [0, 0.05) is 12.0 Å². The second-order valence-electron chi connectivity index (χ2n) is 9.13. The van der Waals surface area contributed by atoms with Crippen molar-refractivity contribution < 1.29 is 28.6 Å². The molecule has 0 spiro atoms. The summed E-state index contributed by atoms with van der Waals surface area (Å²) in [6.07, 6.45) is 8.45. The number of carbonyl (C=O) groups is 2. The molecule has 1 heterocycles. The second-order valence-corrected chi connectivity index (χ2v) is 9.13. The van der Waals surface area contributed by atoms with Gasteiger partial charge in [-0.15, -0.1) is 0 Å². The molecule has 6 nitrogen and oxygen atoms in total. The van der Waals surface area contributed by atoms with Gasteiger partial charge in [-0.2, -0.15) is 0 Å². The Labute approximate surface area is 189 Å². The van der Waals surface area contributed by atoms with Crippen molar-refractivity contribution in [2.45, 2.75) is 84.7 Å². The summed E-state index contributed by atoms with van der Waals surface area (Å²) in [7, 11) is 0. The van der Waals surface area contributed by atoms with Crippen LogP contribution in [0.4, 0.5) is 9.18 Å². The molecule has 2 rings (SSSR count). The molecular formula is C25H36FNO5. The molecule has 0 fully saturated rings. The zero-order chi connectivity index (χ0) is 23.7. The number of aromatic hydroxyl groups is 1. The van der Waals surface area contributed by atoms with Crippen LogP contribution in [-0.4, -0.2) is 40.4 Å². The molecule has 1 N–H and O–H groups in total. The highest BCUT2D eigenvalue weighted by molar-refractivity contribution is 6.13. The predicted molar refractivity (Wildman–Crippen MR) is 123 cm³/mol. The lowest BCUT2D eigenvalue weighted by Gasteiger charge is -2.20. The minimum absolute atomic E-state index is 0.138. The normalized spacial score (nSPS) is 11.8. The maximum Gasteiger partial charge on any atom is 0.421 e. The van der Waals surface area contributed by atoms with Gasteiger partial charge in [0.1, 0.15) is 18.0 Å². The summed E-state index contributed by atoms with van der Waals surface area (Å²) in [4.78, 5) is 25.4. The molecule has 0 unspecified atom stereocenters. The molecule has 32 heavy (non-hydrogen) atoms. The van der Waals surface area contributed by atoms with Crippen LogP contribution in [0.3, 0.4) is 0 Å². The van der Waals surface area contributed by atoms with E-state index in [9.17, 15) is 19.1 Å². The molecule has 0 aliphatic rings. The third-order valence-corrected chi connectivity index (χ3v) is 5.13. The lowest BCUT2D eigenvalue weighted by Crippen LogP contribution is -2.27. The summed E-state index contributed by atoms with van der Waals surface area (Å²) in [5, 5.41) is 10.8. The third kappa shape index (κ3) is 7.33. The highest BCUT2D eigenvalue weighted by Gasteiger charge is 2.28. The van der Waals surface area contributed by atoms with Crippen LogP contribution in [0.15, 0.2) is 18.2 Å². The van der Waals surface area contributed by atoms with Gasteiger partial charge in [0.05, 0.1) is 11.1 Å². The largest absolute Gasteiger partial charge is 0.494 e. The van der Waals surface area contributed by atoms with E-state index < -0.39 is 29.2 Å². The molecule has 1 aromatic heterocycles. The van der Waals surface area contributed by atoms with Crippen molar-refractivity contribution in [1.29, 1.82) is 0 Å². The Kier molecular flexibility index (Phi) is 9.69. The first-order valence-electron chi connectivity index (χ1n) is 11.5. The van der Waals surface area contributed by atoms with Crippen molar-refractivity contribution in [3.05, 3.63) is 29.6 Å². The Balaban J connectivity index is 2.00. The lowest BCUT2D eigenvalue weighted by atomic mass is 10.1. The van der Waals surface area contributed by atoms with Crippen molar-refractivity contribution in [2.24, 2.45) is 0 Å². The average Bonchev–Trinajstić information content (AvgIpc) is 2.99. The lowest BCUT2D eigenvalue weighted by molar-refractivity contribution is 0.0533. The number of hydrogen-bond donors (Lipinski definition) is 1. The molecule has 0 saturated heterocycles. The van der Waals surface area contributed by atoms with E-state index >= 15 is 0 Å². The maximum absolute atomic E-state index is 13.9. The molecule has 0 aliphatic heterocycles. The standard InChI is InChI=1S/C25H36FNO5/c1-5-6-7-8-9-10-11-12-15-31-17-21(28)22-19-16-18(26)13-14-20(19)27(23(22)29)24(30)32-25(2,3)4/h13-14,16,29H,5-12,15,17H2,1-4H3. The molecular weight excluding hydrogens is 413 g/mol. The second kappa shape index (κ2) is 12.0. The minimum Gasteiger partial charge on any atom is -0.494 e. The van der Waals surface area contributed by atoms with Gasteiger partial charge in [-0.25, -0.2) is 13.8 Å². The third-order valence-electron chi connectivity index (χ3n) is 5.13. The van der Waals surface area contributed by atoms with E-state index in [0.717, 1.165) is 36.0 Å². The summed E-state index contributed by atoms with van der Waals surface area (Å²) >= 11 is 0. The molecule has 0 saturated carbocycles. The quantitative estimate of drug-likeness (QED) is 0.291. The highest BCUT2D eigenvalue weighted by atomic mass is 19.1. The molecule has 178 valence electrons. The molecule has 0 aliphatic carbocycles. The summed E-state index contributed by atoms with van der Waals surface area (Å²) in [6.45, 7) is 7.45. The van der Waals surface area contributed by atoms with Gasteiger partial charge in [0.2, 0.25) is 5.88 Å². The molecule has 0 amide bonds. The Morgan fingerprint density at radius 1 is 1.03 bits per heavy atom. The topological polar surface area (TPSA) is 77.8 Å². The smallest absolute Gasteiger partial charge is 0.421 e. The maximum atomic E-state index is 13.9. The zero-order valence-electron chi connectivity index (χ0n) is 19.7. The fourth-order valence-corrected chi connectivity index (χ4v) is 3.59. The van der Waals surface area contributed by atoms with Gasteiger partial charge in [-0.3, -0.25) is 4.79 Å². The molecule has 2 aromatic rings. The number of halogens is 1. The summed E-state index contributed by atoms with van der Waals surface area (Å²) < 4.78 is 25.6. The Morgan fingerprint density at radius 3 is 2.28 bits per heavy atom. The Hall–Kier alpha value is -2.41. The van der Waals surface area contributed by atoms with Gasteiger partial charge < -0.3 is 14.6 Å². The van der Waals surface area contributed by atoms with Crippen molar-refractivity contribution in [3.63, 3.8) is 0 Å². The van der Waals surface area contributed by atoms with Crippen LogP contribution in [0.1, 0.15) is 89.4 Å². The SMILES string of the molecule is CCCCCCCCCCOCC(=O)c1c(O)n(C(=O)OC(C)(C)C)c2ccc(F)cc12. The number of Topliss-reactive ketones (excluding diaryl/α,β-unsaturated/α-hetero) is 1. The Bertz CT molecular complexity index is 913. The number of ketones is 1. The van der Waals surface area contributed by atoms with Crippen LogP contribution < -0.4 is 0 Å². The van der Waals surface area contributed by atoms with Crippen LogP contribution in [0.5, 0.6) is 5.88 Å². The van der Waals surface area contributed by atoms with Crippen LogP contribution in [0.2, 0.25) is 0 Å². The number of fused-ring (bicyclic) bond motifs is 1. The number of benzene rings is 1. The fraction of sp³-hybridized carbons (Fsp3) is 0.600. The molecule has 0 bridgehead atoms.